The van der Waals surface area contributed by atoms with Gasteiger partial charge in [-0.05, 0) is 73.3 Å². The molecule has 0 saturated heterocycles. The maximum absolute atomic E-state index is 12.6. The Labute approximate surface area is 189 Å². The minimum absolute atomic E-state index is 0.0417. The topological polar surface area (TPSA) is 53.2 Å². The highest BCUT2D eigenvalue weighted by Crippen LogP contribution is 2.31. The van der Waals surface area contributed by atoms with Crippen LogP contribution in [0.3, 0.4) is 0 Å². The summed E-state index contributed by atoms with van der Waals surface area (Å²) in [4.78, 5) is 12.6. The SMILES string of the molecule is CC(NC(=O)c1ccc(CNc2c(Cl)ccc3c2CCNCC3)cc1)c1ccccc1. The Morgan fingerprint density at radius 1 is 1.00 bits per heavy atom. The van der Waals surface area contributed by atoms with Gasteiger partial charge < -0.3 is 16.0 Å². The maximum Gasteiger partial charge on any atom is 0.251 e. The number of carbonyl (C=O) groups excluding carboxylic acids is 1. The molecule has 160 valence electrons. The predicted molar refractivity (Wildman–Crippen MR) is 128 cm³/mol. The van der Waals surface area contributed by atoms with E-state index in [1.165, 1.54) is 11.1 Å². The van der Waals surface area contributed by atoms with Crippen molar-refractivity contribution in [3.05, 3.63) is 99.6 Å². The first-order valence-electron chi connectivity index (χ1n) is 10.8. The summed E-state index contributed by atoms with van der Waals surface area (Å²) in [6, 6.07) is 21.8. The zero-order chi connectivity index (χ0) is 21.6. The van der Waals surface area contributed by atoms with Crippen molar-refractivity contribution in [3.8, 4) is 0 Å². The summed E-state index contributed by atoms with van der Waals surface area (Å²) in [5.41, 5.74) is 6.55. The number of anilines is 1. The van der Waals surface area contributed by atoms with E-state index in [0.29, 0.717) is 12.1 Å². The molecule has 0 radical (unpaired) electrons. The lowest BCUT2D eigenvalue weighted by Gasteiger charge is -2.17. The van der Waals surface area contributed by atoms with Crippen LogP contribution >= 0.6 is 11.6 Å². The van der Waals surface area contributed by atoms with Gasteiger partial charge in [-0.2, -0.15) is 0 Å². The Hall–Kier alpha value is -2.82. The van der Waals surface area contributed by atoms with Crippen LogP contribution in [0.15, 0.2) is 66.7 Å². The molecule has 0 saturated carbocycles. The average molecular weight is 434 g/mol. The Balaban J connectivity index is 1.40. The van der Waals surface area contributed by atoms with Crippen LogP contribution in [0.1, 0.15) is 45.6 Å². The Morgan fingerprint density at radius 2 is 1.74 bits per heavy atom. The number of halogens is 1. The molecule has 4 rings (SSSR count). The number of fused-ring (bicyclic) bond motifs is 1. The molecule has 0 fully saturated rings. The van der Waals surface area contributed by atoms with Crippen LogP contribution in [-0.4, -0.2) is 19.0 Å². The summed E-state index contributed by atoms with van der Waals surface area (Å²) in [5, 5.41) is 10.8. The number of nitrogens with one attached hydrogen (secondary N) is 3. The molecule has 3 aromatic carbocycles. The standard InChI is InChI=1S/C26H28ClN3O/c1-18(20-5-3-2-4-6-20)30-26(31)22-9-7-19(8-10-22)17-29-25-23-14-16-28-15-13-21(23)11-12-24(25)27/h2-12,18,28-29H,13-17H2,1H3,(H,30,31). The smallest absolute Gasteiger partial charge is 0.251 e. The van der Waals surface area contributed by atoms with Crippen molar-refractivity contribution < 1.29 is 4.79 Å². The van der Waals surface area contributed by atoms with Crippen LogP contribution in [0.4, 0.5) is 5.69 Å². The minimum Gasteiger partial charge on any atom is -0.380 e. The zero-order valence-corrected chi connectivity index (χ0v) is 18.5. The van der Waals surface area contributed by atoms with Gasteiger partial charge in [-0.3, -0.25) is 4.79 Å². The van der Waals surface area contributed by atoms with E-state index < -0.39 is 0 Å². The second-order valence-electron chi connectivity index (χ2n) is 7.97. The first-order chi connectivity index (χ1) is 15.1. The number of amides is 1. The fourth-order valence-corrected chi connectivity index (χ4v) is 4.25. The van der Waals surface area contributed by atoms with Gasteiger partial charge >= 0.3 is 0 Å². The highest BCUT2D eigenvalue weighted by atomic mass is 35.5. The molecule has 5 heteroatoms. The van der Waals surface area contributed by atoms with Crippen molar-refractivity contribution >= 4 is 23.2 Å². The number of carbonyl (C=O) groups is 1. The van der Waals surface area contributed by atoms with E-state index in [-0.39, 0.29) is 11.9 Å². The third kappa shape index (κ3) is 5.27. The lowest BCUT2D eigenvalue weighted by atomic mass is 10.0. The zero-order valence-electron chi connectivity index (χ0n) is 17.7. The molecule has 0 aromatic heterocycles. The van der Waals surface area contributed by atoms with Crippen LogP contribution in [0.2, 0.25) is 5.02 Å². The van der Waals surface area contributed by atoms with E-state index in [0.717, 1.165) is 47.8 Å². The van der Waals surface area contributed by atoms with Gasteiger partial charge in [-0.25, -0.2) is 0 Å². The quantitative estimate of drug-likeness (QED) is 0.505. The molecule has 1 heterocycles. The summed E-state index contributed by atoms with van der Waals surface area (Å²) < 4.78 is 0. The van der Waals surface area contributed by atoms with Crippen LogP contribution in [0.25, 0.3) is 0 Å². The molecule has 0 aliphatic carbocycles. The van der Waals surface area contributed by atoms with Crippen molar-refractivity contribution in [1.29, 1.82) is 0 Å². The fourth-order valence-electron chi connectivity index (χ4n) is 4.00. The Kier molecular flexibility index (Phi) is 6.90. The van der Waals surface area contributed by atoms with Crippen molar-refractivity contribution in [2.75, 3.05) is 18.4 Å². The van der Waals surface area contributed by atoms with E-state index in [2.05, 4.69) is 22.0 Å². The predicted octanol–water partition coefficient (Wildman–Crippen LogP) is 5.13. The second kappa shape index (κ2) is 9.99. The van der Waals surface area contributed by atoms with Gasteiger partial charge in [0.15, 0.2) is 0 Å². The van der Waals surface area contributed by atoms with E-state index in [4.69, 9.17) is 11.6 Å². The number of benzene rings is 3. The normalized spacial score (nSPS) is 14.3. The number of rotatable bonds is 6. The first kappa shape index (κ1) is 21.4. The van der Waals surface area contributed by atoms with Crippen molar-refractivity contribution in [1.82, 2.24) is 10.6 Å². The van der Waals surface area contributed by atoms with E-state index in [1.807, 2.05) is 67.6 Å². The van der Waals surface area contributed by atoms with Crippen molar-refractivity contribution in [2.45, 2.75) is 32.4 Å². The summed E-state index contributed by atoms with van der Waals surface area (Å²) in [6.07, 6.45) is 1.99. The Bertz CT molecular complexity index is 1030. The van der Waals surface area contributed by atoms with Crippen LogP contribution in [0.5, 0.6) is 0 Å². The Morgan fingerprint density at radius 3 is 2.52 bits per heavy atom. The molecule has 1 unspecified atom stereocenters. The lowest BCUT2D eigenvalue weighted by molar-refractivity contribution is 0.0940. The van der Waals surface area contributed by atoms with Crippen molar-refractivity contribution in [3.63, 3.8) is 0 Å². The van der Waals surface area contributed by atoms with Gasteiger partial charge in [0.1, 0.15) is 0 Å². The average Bonchev–Trinajstić information content (AvgIpc) is 3.05. The summed E-state index contributed by atoms with van der Waals surface area (Å²) >= 11 is 6.51. The van der Waals surface area contributed by atoms with Crippen LogP contribution in [-0.2, 0) is 19.4 Å². The minimum atomic E-state index is -0.0696. The molecule has 1 atom stereocenters. The molecule has 1 aliphatic heterocycles. The molecule has 0 spiro atoms. The van der Waals surface area contributed by atoms with Gasteiger partial charge in [0.2, 0.25) is 0 Å². The molecule has 1 aliphatic rings. The molecular formula is C26H28ClN3O. The van der Waals surface area contributed by atoms with Crippen molar-refractivity contribution in [2.24, 2.45) is 0 Å². The number of hydrogen-bond donors (Lipinski definition) is 3. The van der Waals surface area contributed by atoms with E-state index in [9.17, 15) is 4.79 Å². The van der Waals surface area contributed by atoms with Gasteiger partial charge in [0.25, 0.3) is 5.91 Å². The highest BCUT2D eigenvalue weighted by molar-refractivity contribution is 6.33. The van der Waals surface area contributed by atoms with Gasteiger partial charge in [0.05, 0.1) is 16.8 Å². The third-order valence-corrected chi connectivity index (χ3v) is 6.13. The summed E-state index contributed by atoms with van der Waals surface area (Å²) in [6.45, 7) is 4.62. The molecular weight excluding hydrogens is 406 g/mol. The summed E-state index contributed by atoms with van der Waals surface area (Å²) in [7, 11) is 0. The lowest BCUT2D eigenvalue weighted by Crippen LogP contribution is -2.26. The van der Waals surface area contributed by atoms with E-state index in [1.54, 1.807) is 0 Å². The molecule has 4 nitrogen and oxygen atoms in total. The molecule has 3 aromatic rings. The number of hydrogen-bond acceptors (Lipinski definition) is 3. The van der Waals surface area contributed by atoms with E-state index >= 15 is 0 Å². The monoisotopic (exact) mass is 433 g/mol. The van der Waals surface area contributed by atoms with Gasteiger partial charge in [-0.1, -0.05) is 60.1 Å². The van der Waals surface area contributed by atoms with Crippen LogP contribution < -0.4 is 16.0 Å². The van der Waals surface area contributed by atoms with Crippen LogP contribution in [0, 0.1) is 0 Å². The second-order valence-corrected chi connectivity index (χ2v) is 8.37. The molecule has 31 heavy (non-hydrogen) atoms. The maximum atomic E-state index is 12.6. The van der Waals surface area contributed by atoms with Gasteiger partial charge in [-0.15, -0.1) is 0 Å². The summed E-state index contributed by atoms with van der Waals surface area (Å²) in [5.74, 6) is -0.0696. The fraction of sp³-hybridized carbons (Fsp3) is 0.269. The van der Waals surface area contributed by atoms with Gasteiger partial charge in [0, 0.05) is 12.1 Å². The highest BCUT2D eigenvalue weighted by Gasteiger charge is 2.15. The molecule has 3 N–H and O–H groups in total. The molecule has 1 amide bonds. The largest absolute Gasteiger partial charge is 0.380 e. The molecule has 0 bridgehead atoms. The first-order valence-corrected chi connectivity index (χ1v) is 11.2. The third-order valence-electron chi connectivity index (χ3n) is 5.81.